The monoisotopic (exact) mass is 430 g/mol. The van der Waals surface area contributed by atoms with E-state index in [1.54, 1.807) is 25.3 Å². The molecule has 0 spiro atoms. The number of amides is 1. The van der Waals surface area contributed by atoms with Crippen molar-refractivity contribution >= 4 is 6.09 Å². The van der Waals surface area contributed by atoms with Crippen LogP contribution in [-0.2, 0) is 15.0 Å². The summed E-state index contributed by atoms with van der Waals surface area (Å²) in [4.78, 5) is 19.7. The molecule has 170 valence electrons. The van der Waals surface area contributed by atoms with Gasteiger partial charge in [0.15, 0.2) is 0 Å². The second-order valence-corrected chi connectivity index (χ2v) is 8.97. The first-order chi connectivity index (χ1) is 14.6. The van der Waals surface area contributed by atoms with Crippen molar-refractivity contribution in [2.45, 2.75) is 45.8 Å². The molecule has 0 bridgehead atoms. The summed E-state index contributed by atoms with van der Waals surface area (Å²) < 4.78 is 19.2. The van der Waals surface area contributed by atoms with Crippen molar-refractivity contribution in [3.63, 3.8) is 0 Å². The molecule has 0 aliphatic carbocycles. The molecule has 1 aliphatic rings. The topological polar surface area (TPSA) is 77.9 Å². The molecule has 0 aromatic carbocycles. The Labute approximate surface area is 184 Å². The van der Waals surface area contributed by atoms with Crippen LogP contribution in [-0.4, -0.2) is 66.6 Å². The Morgan fingerprint density at radius 1 is 1.23 bits per heavy atom. The highest BCUT2D eigenvalue weighted by Crippen LogP contribution is 2.38. The Balaban J connectivity index is 2.11. The van der Waals surface area contributed by atoms with Crippen LogP contribution >= 0.6 is 0 Å². The summed E-state index contributed by atoms with van der Waals surface area (Å²) in [5.74, 6) is 1.41. The predicted molar refractivity (Wildman–Crippen MR) is 119 cm³/mol. The van der Waals surface area contributed by atoms with Gasteiger partial charge in [-0.25, -0.2) is 9.78 Å². The van der Waals surface area contributed by atoms with Gasteiger partial charge in [-0.1, -0.05) is 0 Å². The predicted octanol–water partition coefficient (Wildman–Crippen LogP) is 3.18. The van der Waals surface area contributed by atoms with Crippen LogP contribution in [0.25, 0.3) is 5.82 Å². The second kappa shape index (κ2) is 8.88. The van der Waals surface area contributed by atoms with Crippen molar-refractivity contribution in [2.24, 2.45) is 0 Å². The van der Waals surface area contributed by atoms with Gasteiger partial charge >= 0.3 is 6.09 Å². The molecule has 1 saturated heterocycles. The number of ether oxygens (including phenoxy) is 3. The third kappa shape index (κ3) is 4.55. The molecule has 1 amide bonds. The fourth-order valence-electron chi connectivity index (χ4n) is 4.16. The molecule has 1 aliphatic heterocycles. The lowest BCUT2D eigenvalue weighted by Gasteiger charge is -2.47. The number of pyridine rings is 1. The van der Waals surface area contributed by atoms with Crippen LogP contribution in [0.4, 0.5) is 4.79 Å². The molecule has 1 unspecified atom stereocenters. The van der Waals surface area contributed by atoms with Gasteiger partial charge in [0, 0.05) is 56.0 Å². The average molecular weight is 431 g/mol. The first kappa shape index (κ1) is 23.1. The molecule has 1 N–H and O–H groups in total. The van der Waals surface area contributed by atoms with E-state index in [1.807, 2.05) is 40.7 Å². The lowest BCUT2D eigenvalue weighted by atomic mass is 9.87. The highest BCUT2D eigenvalue weighted by atomic mass is 16.6. The lowest BCUT2D eigenvalue weighted by molar-refractivity contribution is -0.0383. The molecule has 0 saturated carbocycles. The van der Waals surface area contributed by atoms with Gasteiger partial charge in [-0.15, -0.1) is 0 Å². The van der Waals surface area contributed by atoms with E-state index in [2.05, 4.69) is 22.0 Å². The van der Waals surface area contributed by atoms with Gasteiger partial charge in [-0.05, 0) is 46.8 Å². The minimum absolute atomic E-state index is 0.276. The minimum atomic E-state index is -0.813. The third-order valence-corrected chi connectivity index (χ3v) is 5.52. The first-order valence-corrected chi connectivity index (χ1v) is 10.5. The Kier molecular flexibility index (Phi) is 6.62. The van der Waals surface area contributed by atoms with E-state index >= 15 is 0 Å². The largest absolute Gasteiger partial charge is 0.496 e. The Bertz CT molecular complexity index is 911. The maximum absolute atomic E-state index is 13.2. The lowest BCUT2D eigenvalue weighted by Crippen LogP contribution is -2.63. The van der Waals surface area contributed by atoms with E-state index in [4.69, 9.17) is 19.2 Å². The van der Waals surface area contributed by atoms with E-state index in [0.29, 0.717) is 25.4 Å². The molecule has 2 aromatic heterocycles. The molecule has 1 atom stereocenters. The van der Waals surface area contributed by atoms with Crippen molar-refractivity contribution < 1.29 is 19.0 Å². The second-order valence-electron chi connectivity index (χ2n) is 8.97. The molecule has 3 heterocycles. The highest BCUT2D eigenvalue weighted by molar-refractivity contribution is 5.70. The summed E-state index contributed by atoms with van der Waals surface area (Å²) >= 11 is 0. The maximum atomic E-state index is 13.2. The van der Waals surface area contributed by atoms with E-state index in [9.17, 15) is 4.79 Å². The number of nitrogens with one attached hydrogen (secondary N) is 1. The van der Waals surface area contributed by atoms with E-state index < -0.39 is 11.1 Å². The summed E-state index contributed by atoms with van der Waals surface area (Å²) in [5, 5.41) is 3.40. The van der Waals surface area contributed by atoms with E-state index in [1.165, 1.54) is 0 Å². The summed E-state index contributed by atoms with van der Waals surface area (Å²) in [6.07, 6.45) is 1.41. The standard InChI is InChI=1S/C23H34N4O4/c1-16-8-9-17(2)27(16)20-12-19(30-7)18(13-25-20)23(15-29-6)14-24-10-11-26(23)21(28)31-22(3,4)5/h8-9,12-13,24H,10-11,14-15H2,1-7H3. The van der Waals surface area contributed by atoms with Gasteiger partial charge in [0.2, 0.25) is 0 Å². The average Bonchev–Trinajstić information content (AvgIpc) is 3.04. The number of hydrogen-bond donors (Lipinski definition) is 1. The number of aryl methyl sites for hydroxylation is 2. The van der Waals surface area contributed by atoms with Crippen LogP contribution < -0.4 is 10.1 Å². The maximum Gasteiger partial charge on any atom is 0.411 e. The van der Waals surface area contributed by atoms with Crippen molar-refractivity contribution in [1.29, 1.82) is 0 Å². The summed E-state index contributed by atoms with van der Waals surface area (Å²) in [7, 11) is 3.26. The highest BCUT2D eigenvalue weighted by Gasteiger charge is 2.47. The van der Waals surface area contributed by atoms with Crippen LogP contribution in [0.3, 0.4) is 0 Å². The molecule has 2 aromatic rings. The smallest absolute Gasteiger partial charge is 0.411 e. The number of hydrogen-bond acceptors (Lipinski definition) is 6. The molecule has 8 heteroatoms. The van der Waals surface area contributed by atoms with Gasteiger partial charge in [0.25, 0.3) is 0 Å². The molecule has 31 heavy (non-hydrogen) atoms. The summed E-state index contributed by atoms with van der Waals surface area (Å²) in [5.41, 5.74) is 1.53. The van der Waals surface area contributed by atoms with Crippen LogP contribution in [0.5, 0.6) is 5.75 Å². The zero-order valence-corrected chi connectivity index (χ0v) is 19.6. The van der Waals surface area contributed by atoms with Crippen LogP contribution in [0.1, 0.15) is 37.7 Å². The van der Waals surface area contributed by atoms with Gasteiger partial charge in [-0.2, -0.15) is 0 Å². The molecular formula is C23H34N4O4. The number of methoxy groups -OCH3 is 2. The number of aromatic nitrogens is 2. The van der Waals surface area contributed by atoms with E-state index in [0.717, 1.165) is 22.8 Å². The summed E-state index contributed by atoms with van der Waals surface area (Å²) in [6.45, 7) is 11.6. The molecular weight excluding hydrogens is 396 g/mol. The molecule has 3 rings (SSSR count). The zero-order valence-electron chi connectivity index (χ0n) is 19.6. The van der Waals surface area contributed by atoms with E-state index in [-0.39, 0.29) is 12.7 Å². The molecule has 8 nitrogen and oxygen atoms in total. The Morgan fingerprint density at radius 3 is 2.48 bits per heavy atom. The summed E-state index contributed by atoms with van der Waals surface area (Å²) in [6, 6.07) is 6.02. The number of carbonyl (C=O) groups is 1. The van der Waals surface area contributed by atoms with Gasteiger partial charge in [0.1, 0.15) is 22.7 Å². The fraction of sp³-hybridized carbons (Fsp3) is 0.565. The Hall–Kier alpha value is -2.58. The van der Waals surface area contributed by atoms with Crippen molar-refractivity contribution in [1.82, 2.24) is 19.8 Å². The van der Waals surface area contributed by atoms with Crippen LogP contribution in [0, 0.1) is 13.8 Å². The van der Waals surface area contributed by atoms with Gasteiger partial charge in [-0.3, -0.25) is 4.90 Å². The first-order valence-electron chi connectivity index (χ1n) is 10.5. The minimum Gasteiger partial charge on any atom is -0.496 e. The normalized spacial score (nSPS) is 19.4. The number of rotatable bonds is 5. The zero-order chi connectivity index (χ0) is 22.8. The Morgan fingerprint density at radius 2 is 1.90 bits per heavy atom. The van der Waals surface area contributed by atoms with Crippen LogP contribution in [0.2, 0.25) is 0 Å². The molecule has 0 radical (unpaired) electrons. The van der Waals surface area contributed by atoms with Gasteiger partial charge < -0.3 is 24.1 Å². The molecule has 1 fully saturated rings. The SMILES string of the molecule is COCC1(c2cnc(-n3c(C)ccc3C)cc2OC)CNCCN1C(=O)OC(C)(C)C. The fourth-order valence-corrected chi connectivity index (χ4v) is 4.16. The number of nitrogens with zero attached hydrogens (tertiary/aromatic N) is 3. The number of carbonyl (C=O) groups excluding carboxylic acids is 1. The van der Waals surface area contributed by atoms with Crippen molar-refractivity contribution in [3.05, 3.63) is 41.3 Å². The van der Waals surface area contributed by atoms with Crippen molar-refractivity contribution in [2.75, 3.05) is 40.5 Å². The third-order valence-electron chi connectivity index (χ3n) is 5.52. The van der Waals surface area contributed by atoms with Gasteiger partial charge in [0.05, 0.1) is 13.7 Å². The van der Waals surface area contributed by atoms with Crippen molar-refractivity contribution in [3.8, 4) is 11.6 Å². The number of piperazine rings is 1. The quantitative estimate of drug-likeness (QED) is 0.785. The van der Waals surface area contributed by atoms with Crippen LogP contribution in [0.15, 0.2) is 24.4 Å².